The molecule has 4 heteroatoms. The number of nitrogens with one attached hydrogen (secondary N) is 1. The number of rotatable bonds is 4. The van der Waals surface area contributed by atoms with Crippen molar-refractivity contribution in [2.24, 2.45) is 0 Å². The molecule has 98 valence electrons. The number of morpholine rings is 1. The maximum absolute atomic E-state index is 5.50. The van der Waals surface area contributed by atoms with E-state index in [1.54, 1.807) is 0 Å². The van der Waals surface area contributed by atoms with Gasteiger partial charge in [0.15, 0.2) is 0 Å². The topological polar surface area (TPSA) is 37.4 Å². The molecule has 2 aliphatic rings. The van der Waals surface area contributed by atoms with Gasteiger partial charge in [0, 0.05) is 31.4 Å². The normalized spacial score (nSPS) is 24.3. The summed E-state index contributed by atoms with van der Waals surface area (Å²) in [6.45, 7) is 5.75. The van der Waals surface area contributed by atoms with Gasteiger partial charge >= 0.3 is 0 Å². The van der Waals surface area contributed by atoms with Crippen molar-refractivity contribution in [2.45, 2.75) is 38.4 Å². The van der Waals surface area contributed by atoms with Gasteiger partial charge in [-0.2, -0.15) is 0 Å². The van der Waals surface area contributed by atoms with Crippen LogP contribution in [0.25, 0.3) is 0 Å². The molecule has 3 rings (SSSR count). The van der Waals surface area contributed by atoms with Crippen LogP contribution in [-0.4, -0.2) is 36.8 Å². The fraction of sp³-hybridized carbons (Fsp3) is 0.643. The molecule has 2 heterocycles. The fourth-order valence-corrected chi connectivity index (χ4v) is 2.45. The Labute approximate surface area is 108 Å². The lowest BCUT2D eigenvalue weighted by molar-refractivity contribution is 0.0988. The number of aromatic nitrogens is 1. The lowest BCUT2D eigenvalue weighted by atomic mass is 10.1. The standard InChI is InChI=1S/C14H21N3O/c1-11-10-18-7-6-17(11)14-9-15-5-4-12(14)8-16-13-2-3-13/h4-5,9,11,13,16H,2-3,6-8,10H2,1H3. The van der Waals surface area contributed by atoms with Crippen molar-refractivity contribution in [1.29, 1.82) is 0 Å². The summed E-state index contributed by atoms with van der Waals surface area (Å²) in [5.41, 5.74) is 2.62. The highest BCUT2D eigenvalue weighted by atomic mass is 16.5. The second-order valence-corrected chi connectivity index (χ2v) is 5.28. The molecule has 1 saturated carbocycles. The zero-order valence-electron chi connectivity index (χ0n) is 10.9. The molecule has 0 aromatic carbocycles. The Morgan fingerprint density at radius 3 is 3.17 bits per heavy atom. The molecular weight excluding hydrogens is 226 g/mol. The first-order chi connectivity index (χ1) is 8.84. The lowest BCUT2D eigenvalue weighted by Crippen LogP contribution is -2.44. The largest absolute Gasteiger partial charge is 0.377 e. The van der Waals surface area contributed by atoms with Crippen LogP contribution in [0.15, 0.2) is 18.5 Å². The van der Waals surface area contributed by atoms with E-state index in [-0.39, 0.29) is 0 Å². The first-order valence-electron chi connectivity index (χ1n) is 6.85. The quantitative estimate of drug-likeness (QED) is 0.876. The average Bonchev–Trinajstić information content (AvgIpc) is 3.22. The third-order valence-corrected chi connectivity index (χ3v) is 3.72. The van der Waals surface area contributed by atoms with Crippen LogP contribution < -0.4 is 10.2 Å². The minimum Gasteiger partial charge on any atom is -0.377 e. The van der Waals surface area contributed by atoms with Crippen LogP contribution in [0.1, 0.15) is 25.3 Å². The van der Waals surface area contributed by atoms with Crippen LogP contribution in [0, 0.1) is 0 Å². The number of hydrogen-bond acceptors (Lipinski definition) is 4. The predicted octanol–water partition coefficient (Wildman–Crippen LogP) is 1.56. The number of hydrogen-bond donors (Lipinski definition) is 1. The van der Waals surface area contributed by atoms with E-state index in [9.17, 15) is 0 Å². The highest BCUT2D eigenvalue weighted by Gasteiger charge is 2.23. The van der Waals surface area contributed by atoms with Crippen molar-refractivity contribution in [3.05, 3.63) is 24.0 Å². The first kappa shape index (κ1) is 11.9. The van der Waals surface area contributed by atoms with E-state index >= 15 is 0 Å². The molecule has 0 spiro atoms. The zero-order chi connectivity index (χ0) is 12.4. The van der Waals surface area contributed by atoms with Crippen LogP contribution in [0.5, 0.6) is 0 Å². The van der Waals surface area contributed by atoms with Crippen molar-refractivity contribution in [3.8, 4) is 0 Å². The molecule has 1 saturated heterocycles. The van der Waals surface area contributed by atoms with Crippen molar-refractivity contribution < 1.29 is 4.74 Å². The minimum atomic E-state index is 0.433. The molecule has 1 atom stereocenters. The van der Waals surface area contributed by atoms with Gasteiger partial charge in [0.2, 0.25) is 0 Å². The second kappa shape index (κ2) is 5.24. The molecule has 1 aliphatic heterocycles. The van der Waals surface area contributed by atoms with E-state index in [0.717, 1.165) is 32.3 Å². The fourth-order valence-electron chi connectivity index (χ4n) is 2.45. The first-order valence-corrected chi connectivity index (χ1v) is 6.85. The molecule has 0 bridgehead atoms. The molecule has 2 fully saturated rings. The molecule has 18 heavy (non-hydrogen) atoms. The van der Waals surface area contributed by atoms with Gasteiger partial charge < -0.3 is 15.0 Å². The van der Waals surface area contributed by atoms with Gasteiger partial charge in [-0.25, -0.2) is 0 Å². The molecule has 4 nitrogen and oxygen atoms in total. The zero-order valence-corrected chi connectivity index (χ0v) is 10.9. The Kier molecular flexibility index (Phi) is 3.48. The minimum absolute atomic E-state index is 0.433. The highest BCUT2D eigenvalue weighted by Crippen LogP contribution is 2.25. The predicted molar refractivity (Wildman–Crippen MR) is 71.7 cm³/mol. The van der Waals surface area contributed by atoms with Crippen molar-refractivity contribution in [3.63, 3.8) is 0 Å². The Balaban J connectivity index is 1.75. The maximum atomic E-state index is 5.50. The Bertz CT molecular complexity index is 406. The van der Waals surface area contributed by atoms with E-state index in [0.29, 0.717) is 6.04 Å². The van der Waals surface area contributed by atoms with Gasteiger partial charge in [0.25, 0.3) is 0 Å². The Morgan fingerprint density at radius 2 is 2.39 bits per heavy atom. The van der Waals surface area contributed by atoms with E-state index in [1.807, 2.05) is 12.4 Å². The SMILES string of the molecule is CC1COCCN1c1cnccc1CNC1CC1. The van der Waals surface area contributed by atoms with Crippen molar-refractivity contribution >= 4 is 5.69 Å². The number of nitrogens with zero attached hydrogens (tertiary/aromatic N) is 2. The smallest absolute Gasteiger partial charge is 0.0668 e. The molecule has 1 aromatic rings. The van der Waals surface area contributed by atoms with E-state index in [2.05, 4.69) is 28.2 Å². The number of anilines is 1. The summed E-state index contributed by atoms with van der Waals surface area (Å²) in [4.78, 5) is 6.70. The second-order valence-electron chi connectivity index (χ2n) is 5.28. The summed E-state index contributed by atoms with van der Waals surface area (Å²) in [6.07, 6.45) is 6.53. The van der Waals surface area contributed by atoms with Gasteiger partial charge in [-0.15, -0.1) is 0 Å². The van der Waals surface area contributed by atoms with Gasteiger partial charge in [0.05, 0.1) is 25.1 Å². The molecule has 1 N–H and O–H groups in total. The highest BCUT2D eigenvalue weighted by molar-refractivity contribution is 5.52. The summed E-state index contributed by atoms with van der Waals surface area (Å²) in [7, 11) is 0. The summed E-state index contributed by atoms with van der Waals surface area (Å²) in [5.74, 6) is 0. The maximum Gasteiger partial charge on any atom is 0.0668 e. The van der Waals surface area contributed by atoms with Gasteiger partial charge in [-0.05, 0) is 31.4 Å². The van der Waals surface area contributed by atoms with Crippen LogP contribution >= 0.6 is 0 Å². The molecule has 1 aliphatic carbocycles. The average molecular weight is 247 g/mol. The lowest BCUT2D eigenvalue weighted by Gasteiger charge is -2.36. The molecule has 0 amide bonds. The Morgan fingerprint density at radius 1 is 1.50 bits per heavy atom. The molecular formula is C14H21N3O. The molecule has 1 aromatic heterocycles. The van der Waals surface area contributed by atoms with Crippen LogP contribution in [0.4, 0.5) is 5.69 Å². The van der Waals surface area contributed by atoms with Crippen LogP contribution in [-0.2, 0) is 11.3 Å². The van der Waals surface area contributed by atoms with Crippen molar-refractivity contribution in [2.75, 3.05) is 24.7 Å². The Hall–Kier alpha value is -1.13. The molecule has 0 radical (unpaired) electrons. The number of ether oxygens (including phenoxy) is 1. The monoisotopic (exact) mass is 247 g/mol. The van der Waals surface area contributed by atoms with Crippen LogP contribution in [0.3, 0.4) is 0 Å². The van der Waals surface area contributed by atoms with Gasteiger partial charge in [-0.1, -0.05) is 0 Å². The van der Waals surface area contributed by atoms with E-state index in [1.165, 1.54) is 24.1 Å². The summed E-state index contributed by atoms with van der Waals surface area (Å²) in [6, 6.07) is 3.31. The van der Waals surface area contributed by atoms with Crippen molar-refractivity contribution in [1.82, 2.24) is 10.3 Å². The number of pyridine rings is 1. The molecule has 1 unspecified atom stereocenters. The summed E-state index contributed by atoms with van der Waals surface area (Å²) < 4.78 is 5.50. The van der Waals surface area contributed by atoms with Crippen LogP contribution in [0.2, 0.25) is 0 Å². The summed E-state index contributed by atoms with van der Waals surface area (Å²) in [5, 5.41) is 3.58. The van der Waals surface area contributed by atoms with E-state index in [4.69, 9.17) is 4.74 Å². The van der Waals surface area contributed by atoms with Gasteiger partial charge in [-0.3, -0.25) is 4.98 Å². The van der Waals surface area contributed by atoms with Gasteiger partial charge in [0.1, 0.15) is 0 Å². The van der Waals surface area contributed by atoms with E-state index < -0.39 is 0 Å². The third-order valence-electron chi connectivity index (χ3n) is 3.72. The summed E-state index contributed by atoms with van der Waals surface area (Å²) >= 11 is 0. The third kappa shape index (κ3) is 2.65.